The number of likely N-dealkylation sites (tertiary alicyclic amines) is 1. The molecule has 3 rings (SSSR count). The molecule has 2 aromatic rings. The van der Waals surface area contributed by atoms with E-state index in [1.165, 1.54) is 12.8 Å². The lowest BCUT2D eigenvalue weighted by molar-refractivity contribution is 0.324. The van der Waals surface area contributed by atoms with Gasteiger partial charge in [-0.1, -0.05) is 18.2 Å². The van der Waals surface area contributed by atoms with Crippen molar-refractivity contribution in [1.82, 2.24) is 4.90 Å². The topological polar surface area (TPSA) is 32.7 Å². The van der Waals surface area contributed by atoms with Crippen molar-refractivity contribution in [3.05, 3.63) is 48.0 Å². The first-order chi connectivity index (χ1) is 10.3. The number of benzene rings is 2. The summed E-state index contributed by atoms with van der Waals surface area (Å²) in [5.41, 5.74) is 3.27. The van der Waals surface area contributed by atoms with Crippen molar-refractivity contribution in [2.75, 3.05) is 20.2 Å². The summed E-state index contributed by atoms with van der Waals surface area (Å²) < 4.78 is 5.19. The summed E-state index contributed by atoms with van der Waals surface area (Å²) >= 11 is 0. The molecule has 0 amide bonds. The van der Waals surface area contributed by atoms with Crippen molar-refractivity contribution < 1.29 is 9.84 Å². The van der Waals surface area contributed by atoms with Gasteiger partial charge in [0.05, 0.1) is 7.11 Å². The minimum absolute atomic E-state index is 0.388. The first kappa shape index (κ1) is 14.0. The third-order valence-electron chi connectivity index (χ3n) is 4.10. The zero-order chi connectivity index (χ0) is 14.7. The fourth-order valence-electron chi connectivity index (χ4n) is 2.86. The fraction of sp³-hybridized carbons (Fsp3) is 0.333. The Morgan fingerprint density at radius 2 is 1.67 bits per heavy atom. The third kappa shape index (κ3) is 3.19. The number of phenolic OH excluding ortho intramolecular Hbond substituents is 1. The number of hydrogen-bond donors (Lipinski definition) is 1. The first-order valence-electron chi connectivity index (χ1n) is 7.45. The summed E-state index contributed by atoms with van der Waals surface area (Å²) in [5, 5.41) is 10.1. The molecule has 0 bridgehead atoms. The Morgan fingerprint density at radius 3 is 2.33 bits per heavy atom. The van der Waals surface area contributed by atoms with Gasteiger partial charge in [-0.05, 0) is 61.3 Å². The minimum Gasteiger partial charge on any atom is -0.508 e. The molecule has 110 valence electrons. The highest BCUT2D eigenvalue weighted by Crippen LogP contribution is 2.28. The molecule has 0 aliphatic carbocycles. The Balaban J connectivity index is 1.84. The highest BCUT2D eigenvalue weighted by Gasteiger charge is 2.14. The summed E-state index contributed by atoms with van der Waals surface area (Å²) in [6.07, 6.45) is 2.53. The van der Waals surface area contributed by atoms with Gasteiger partial charge in [-0.15, -0.1) is 0 Å². The molecule has 3 nitrogen and oxygen atoms in total. The van der Waals surface area contributed by atoms with Gasteiger partial charge in [-0.25, -0.2) is 0 Å². The minimum atomic E-state index is 0.388. The van der Waals surface area contributed by atoms with Crippen molar-refractivity contribution >= 4 is 0 Å². The molecular weight excluding hydrogens is 262 g/mol. The van der Waals surface area contributed by atoms with Crippen LogP contribution in [0.2, 0.25) is 0 Å². The van der Waals surface area contributed by atoms with Crippen LogP contribution in [0.4, 0.5) is 0 Å². The Labute approximate surface area is 125 Å². The van der Waals surface area contributed by atoms with Gasteiger partial charge in [0.2, 0.25) is 0 Å². The Morgan fingerprint density at radius 1 is 1.00 bits per heavy atom. The number of phenols is 1. The van der Waals surface area contributed by atoms with Crippen molar-refractivity contribution in [2.24, 2.45) is 0 Å². The zero-order valence-corrected chi connectivity index (χ0v) is 12.4. The average Bonchev–Trinajstić information content (AvgIpc) is 3.03. The van der Waals surface area contributed by atoms with Crippen LogP contribution in [0.3, 0.4) is 0 Å². The number of hydrogen-bond acceptors (Lipinski definition) is 3. The summed E-state index contributed by atoms with van der Waals surface area (Å²) in [6, 6.07) is 13.9. The maximum Gasteiger partial charge on any atom is 0.120 e. The quantitative estimate of drug-likeness (QED) is 0.929. The highest BCUT2D eigenvalue weighted by molar-refractivity contribution is 5.66. The van der Waals surface area contributed by atoms with Gasteiger partial charge in [0.25, 0.3) is 0 Å². The van der Waals surface area contributed by atoms with E-state index in [9.17, 15) is 5.11 Å². The summed E-state index contributed by atoms with van der Waals surface area (Å²) in [4.78, 5) is 2.40. The van der Waals surface area contributed by atoms with E-state index in [2.05, 4.69) is 11.0 Å². The van der Waals surface area contributed by atoms with E-state index in [1.807, 2.05) is 30.3 Å². The predicted octanol–water partition coefficient (Wildman–Crippen LogP) is 3.66. The third-order valence-corrected chi connectivity index (χ3v) is 4.10. The molecule has 3 heteroatoms. The maximum absolute atomic E-state index is 10.1. The van der Waals surface area contributed by atoms with Crippen LogP contribution in [0.5, 0.6) is 11.5 Å². The van der Waals surface area contributed by atoms with Gasteiger partial charge in [0.1, 0.15) is 11.5 Å². The van der Waals surface area contributed by atoms with Crippen LogP contribution >= 0.6 is 0 Å². The van der Waals surface area contributed by atoms with E-state index >= 15 is 0 Å². The molecule has 1 aliphatic heterocycles. The van der Waals surface area contributed by atoms with Crippen LogP contribution in [0.25, 0.3) is 11.1 Å². The first-order valence-corrected chi connectivity index (χ1v) is 7.45. The van der Waals surface area contributed by atoms with Crippen molar-refractivity contribution in [3.8, 4) is 22.6 Å². The summed E-state index contributed by atoms with van der Waals surface area (Å²) in [7, 11) is 1.67. The van der Waals surface area contributed by atoms with E-state index in [0.29, 0.717) is 5.75 Å². The van der Waals surface area contributed by atoms with Crippen LogP contribution < -0.4 is 4.74 Å². The standard InChI is InChI=1S/C18H21NO2/c1-21-17-7-4-14(5-8-17)15-6-9-18(20)16(12-15)13-19-10-2-3-11-19/h4-9,12,20H,2-3,10-11,13H2,1H3. The molecule has 1 heterocycles. The molecule has 21 heavy (non-hydrogen) atoms. The molecule has 0 saturated carbocycles. The number of methoxy groups -OCH3 is 1. The van der Waals surface area contributed by atoms with Crippen LogP contribution in [0.15, 0.2) is 42.5 Å². The van der Waals surface area contributed by atoms with E-state index in [-0.39, 0.29) is 0 Å². The van der Waals surface area contributed by atoms with Crippen molar-refractivity contribution in [1.29, 1.82) is 0 Å². The molecule has 0 unspecified atom stereocenters. The molecule has 0 atom stereocenters. The van der Waals surface area contributed by atoms with Gasteiger partial charge >= 0.3 is 0 Å². The zero-order valence-electron chi connectivity index (χ0n) is 12.4. The van der Waals surface area contributed by atoms with Crippen LogP contribution in [0, 0.1) is 0 Å². The van der Waals surface area contributed by atoms with E-state index in [4.69, 9.17) is 4.74 Å². The second-order valence-corrected chi connectivity index (χ2v) is 5.56. The van der Waals surface area contributed by atoms with Crippen LogP contribution in [-0.4, -0.2) is 30.2 Å². The van der Waals surface area contributed by atoms with Crippen LogP contribution in [-0.2, 0) is 6.54 Å². The smallest absolute Gasteiger partial charge is 0.120 e. The lowest BCUT2D eigenvalue weighted by atomic mass is 10.0. The van der Waals surface area contributed by atoms with Crippen LogP contribution in [0.1, 0.15) is 18.4 Å². The molecule has 0 radical (unpaired) electrons. The Hall–Kier alpha value is -2.00. The normalized spacial score (nSPS) is 15.3. The Bertz CT molecular complexity index is 601. The second-order valence-electron chi connectivity index (χ2n) is 5.56. The molecule has 1 N–H and O–H groups in total. The van der Waals surface area contributed by atoms with Crippen molar-refractivity contribution in [2.45, 2.75) is 19.4 Å². The molecular formula is C18H21NO2. The second kappa shape index (κ2) is 6.19. The number of rotatable bonds is 4. The predicted molar refractivity (Wildman–Crippen MR) is 84.6 cm³/mol. The summed E-state index contributed by atoms with van der Waals surface area (Å²) in [5.74, 6) is 1.24. The van der Waals surface area contributed by atoms with Gasteiger partial charge < -0.3 is 9.84 Å². The summed E-state index contributed by atoms with van der Waals surface area (Å²) in [6.45, 7) is 3.09. The van der Waals surface area contributed by atoms with E-state index < -0.39 is 0 Å². The monoisotopic (exact) mass is 283 g/mol. The highest BCUT2D eigenvalue weighted by atomic mass is 16.5. The van der Waals surface area contributed by atoms with Gasteiger partial charge in [0.15, 0.2) is 0 Å². The Kier molecular flexibility index (Phi) is 4.11. The van der Waals surface area contributed by atoms with E-state index in [0.717, 1.165) is 42.1 Å². The SMILES string of the molecule is COc1ccc(-c2ccc(O)c(CN3CCCC3)c2)cc1. The molecule has 1 fully saturated rings. The molecule has 0 spiro atoms. The lowest BCUT2D eigenvalue weighted by Gasteiger charge is -2.16. The van der Waals surface area contributed by atoms with Gasteiger partial charge in [-0.3, -0.25) is 4.90 Å². The molecule has 1 saturated heterocycles. The molecule has 0 aromatic heterocycles. The lowest BCUT2D eigenvalue weighted by Crippen LogP contribution is -2.18. The van der Waals surface area contributed by atoms with Crippen molar-refractivity contribution in [3.63, 3.8) is 0 Å². The van der Waals surface area contributed by atoms with E-state index in [1.54, 1.807) is 13.2 Å². The average molecular weight is 283 g/mol. The van der Waals surface area contributed by atoms with Gasteiger partial charge in [-0.2, -0.15) is 0 Å². The number of ether oxygens (including phenoxy) is 1. The molecule has 2 aromatic carbocycles. The fourth-order valence-corrected chi connectivity index (χ4v) is 2.86. The molecule has 1 aliphatic rings. The largest absolute Gasteiger partial charge is 0.508 e. The van der Waals surface area contributed by atoms with Gasteiger partial charge in [0, 0.05) is 12.1 Å². The number of aromatic hydroxyl groups is 1. The maximum atomic E-state index is 10.1. The number of nitrogens with zero attached hydrogens (tertiary/aromatic N) is 1.